The molecule has 0 aliphatic rings. The molecule has 1 amide bonds. The van der Waals surface area contributed by atoms with Crippen LogP contribution in [0.2, 0.25) is 0 Å². The number of nitrogens with zero attached hydrogens (tertiary/aromatic N) is 5. The summed E-state index contributed by atoms with van der Waals surface area (Å²) in [5, 5.41) is 12.5. The van der Waals surface area contributed by atoms with E-state index in [1.807, 2.05) is 64.2 Å². The Morgan fingerprint density at radius 3 is 2.57 bits per heavy atom. The van der Waals surface area contributed by atoms with E-state index in [0.29, 0.717) is 17.8 Å². The number of rotatable bonds is 4. The summed E-state index contributed by atoms with van der Waals surface area (Å²) in [5.41, 5.74) is 5.38. The van der Waals surface area contributed by atoms with Gasteiger partial charge in [0.05, 0.1) is 39.9 Å². The van der Waals surface area contributed by atoms with Gasteiger partial charge in [0, 0.05) is 19.2 Å². The van der Waals surface area contributed by atoms with Crippen LogP contribution >= 0.6 is 0 Å². The molecule has 0 atom stereocenters. The van der Waals surface area contributed by atoms with Crippen molar-refractivity contribution in [2.75, 3.05) is 5.32 Å². The highest BCUT2D eigenvalue weighted by Crippen LogP contribution is 2.27. The standard InChI is InChI=1S/C21H22N6O/c1-5-27-20-17(12-22-27)16(11-18(23-20)15-9-7-6-8-10-15)21(28)24-19-13(2)25-26(4)14(19)3/h6-12H,5H2,1-4H3,(H,24,28). The summed E-state index contributed by atoms with van der Waals surface area (Å²) in [4.78, 5) is 18.0. The number of benzene rings is 1. The van der Waals surface area contributed by atoms with Gasteiger partial charge in [0.15, 0.2) is 5.65 Å². The molecule has 0 aliphatic carbocycles. The van der Waals surface area contributed by atoms with Crippen molar-refractivity contribution < 1.29 is 4.79 Å². The average Bonchev–Trinajstić information content (AvgIpc) is 3.23. The molecule has 1 aromatic carbocycles. The Labute approximate surface area is 163 Å². The van der Waals surface area contributed by atoms with Crippen molar-refractivity contribution in [2.45, 2.75) is 27.3 Å². The second-order valence-electron chi connectivity index (χ2n) is 6.74. The van der Waals surface area contributed by atoms with Gasteiger partial charge in [-0.05, 0) is 26.8 Å². The molecule has 0 saturated heterocycles. The SMILES string of the molecule is CCn1ncc2c(C(=O)Nc3c(C)nn(C)c3C)cc(-c3ccccc3)nc21. The van der Waals surface area contributed by atoms with Crippen LogP contribution in [0.4, 0.5) is 5.69 Å². The number of pyridine rings is 1. The zero-order valence-electron chi connectivity index (χ0n) is 16.4. The van der Waals surface area contributed by atoms with E-state index in [-0.39, 0.29) is 5.91 Å². The summed E-state index contributed by atoms with van der Waals surface area (Å²) in [6, 6.07) is 11.7. The minimum Gasteiger partial charge on any atom is -0.319 e. The summed E-state index contributed by atoms with van der Waals surface area (Å²) >= 11 is 0. The Bertz CT molecular complexity index is 1170. The fourth-order valence-electron chi connectivity index (χ4n) is 3.36. The smallest absolute Gasteiger partial charge is 0.256 e. The molecule has 4 rings (SSSR count). The predicted molar refractivity (Wildman–Crippen MR) is 109 cm³/mol. The van der Waals surface area contributed by atoms with Crippen molar-refractivity contribution in [2.24, 2.45) is 7.05 Å². The van der Waals surface area contributed by atoms with Crippen LogP contribution in [0.15, 0.2) is 42.6 Å². The molecule has 3 heterocycles. The minimum atomic E-state index is -0.195. The zero-order chi connectivity index (χ0) is 19.8. The van der Waals surface area contributed by atoms with Gasteiger partial charge in [-0.1, -0.05) is 30.3 Å². The zero-order valence-corrected chi connectivity index (χ0v) is 16.4. The lowest BCUT2D eigenvalue weighted by atomic mass is 10.1. The molecule has 1 N–H and O–H groups in total. The van der Waals surface area contributed by atoms with E-state index < -0.39 is 0 Å². The summed E-state index contributed by atoms with van der Waals surface area (Å²) in [7, 11) is 1.86. The topological polar surface area (TPSA) is 77.6 Å². The first-order chi connectivity index (χ1) is 13.5. The average molecular weight is 374 g/mol. The maximum Gasteiger partial charge on any atom is 0.256 e. The molecule has 7 heteroatoms. The van der Waals surface area contributed by atoms with Crippen LogP contribution in [0.1, 0.15) is 28.7 Å². The Morgan fingerprint density at radius 2 is 1.93 bits per heavy atom. The molecule has 3 aromatic heterocycles. The van der Waals surface area contributed by atoms with Crippen LogP contribution in [0.25, 0.3) is 22.3 Å². The van der Waals surface area contributed by atoms with Gasteiger partial charge in [-0.2, -0.15) is 10.2 Å². The van der Waals surface area contributed by atoms with Gasteiger partial charge in [0.25, 0.3) is 5.91 Å². The number of aromatic nitrogens is 5. The Balaban J connectivity index is 1.85. The van der Waals surface area contributed by atoms with E-state index in [9.17, 15) is 4.79 Å². The van der Waals surface area contributed by atoms with Gasteiger partial charge >= 0.3 is 0 Å². The van der Waals surface area contributed by atoms with Crippen molar-refractivity contribution >= 4 is 22.6 Å². The number of fused-ring (bicyclic) bond motifs is 1. The molecule has 0 saturated carbocycles. The normalized spacial score (nSPS) is 11.1. The van der Waals surface area contributed by atoms with E-state index in [1.54, 1.807) is 15.6 Å². The molecule has 0 fully saturated rings. The molecular weight excluding hydrogens is 352 g/mol. The molecule has 0 unspecified atom stereocenters. The Kier molecular flexibility index (Phi) is 4.43. The van der Waals surface area contributed by atoms with Crippen molar-refractivity contribution in [3.05, 3.63) is 59.5 Å². The van der Waals surface area contributed by atoms with E-state index in [4.69, 9.17) is 4.98 Å². The number of carbonyl (C=O) groups is 1. The summed E-state index contributed by atoms with van der Waals surface area (Å²) in [6.45, 7) is 6.50. The minimum absolute atomic E-state index is 0.195. The molecule has 142 valence electrons. The summed E-state index contributed by atoms with van der Waals surface area (Å²) in [5.74, 6) is -0.195. The molecule has 0 radical (unpaired) electrons. The van der Waals surface area contributed by atoms with Crippen molar-refractivity contribution in [3.63, 3.8) is 0 Å². The third-order valence-corrected chi connectivity index (χ3v) is 4.97. The van der Waals surface area contributed by atoms with E-state index >= 15 is 0 Å². The summed E-state index contributed by atoms with van der Waals surface area (Å²) in [6.07, 6.45) is 1.71. The molecule has 0 spiro atoms. The number of amides is 1. The van der Waals surface area contributed by atoms with Crippen LogP contribution in [-0.4, -0.2) is 30.5 Å². The lowest BCUT2D eigenvalue weighted by molar-refractivity contribution is 0.102. The quantitative estimate of drug-likeness (QED) is 0.590. The Morgan fingerprint density at radius 1 is 1.18 bits per heavy atom. The van der Waals surface area contributed by atoms with Crippen molar-refractivity contribution in [1.82, 2.24) is 24.5 Å². The highest BCUT2D eigenvalue weighted by molar-refractivity contribution is 6.13. The van der Waals surface area contributed by atoms with Crippen molar-refractivity contribution in [1.29, 1.82) is 0 Å². The third-order valence-electron chi connectivity index (χ3n) is 4.97. The highest BCUT2D eigenvalue weighted by atomic mass is 16.1. The van der Waals surface area contributed by atoms with Crippen LogP contribution in [-0.2, 0) is 13.6 Å². The maximum atomic E-state index is 13.2. The molecule has 28 heavy (non-hydrogen) atoms. The highest BCUT2D eigenvalue weighted by Gasteiger charge is 2.19. The number of hydrogen-bond acceptors (Lipinski definition) is 4. The molecule has 0 aliphatic heterocycles. The second kappa shape index (κ2) is 6.92. The van der Waals surface area contributed by atoms with Crippen LogP contribution in [0, 0.1) is 13.8 Å². The first kappa shape index (κ1) is 17.9. The first-order valence-corrected chi connectivity index (χ1v) is 9.23. The van der Waals surface area contributed by atoms with Crippen molar-refractivity contribution in [3.8, 4) is 11.3 Å². The second-order valence-corrected chi connectivity index (χ2v) is 6.74. The van der Waals surface area contributed by atoms with Crippen LogP contribution in [0.5, 0.6) is 0 Å². The van der Waals surface area contributed by atoms with E-state index in [2.05, 4.69) is 15.5 Å². The number of aryl methyl sites for hydroxylation is 3. The Hall–Kier alpha value is -3.48. The number of carbonyl (C=O) groups excluding carboxylic acids is 1. The molecular formula is C21H22N6O. The van der Waals surface area contributed by atoms with E-state index in [0.717, 1.165) is 33.7 Å². The van der Waals surface area contributed by atoms with Gasteiger partial charge in [0.1, 0.15) is 0 Å². The predicted octanol–water partition coefficient (Wildman–Crippen LogP) is 3.72. The van der Waals surface area contributed by atoms with Gasteiger partial charge < -0.3 is 5.32 Å². The first-order valence-electron chi connectivity index (χ1n) is 9.23. The molecule has 7 nitrogen and oxygen atoms in total. The lowest BCUT2D eigenvalue weighted by Gasteiger charge is -2.10. The molecule has 4 aromatic rings. The van der Waals surface area contributed by atoms with Gasteiger partial charge in [-0.3, -0.25) is 9.48 Å². The number of hydrogen-bond donors (Lipinski definition) is 1. The largest absolute Gasteiger partial charge is 0.319 e. The van der Waals surface area contributed by atoms with E-state index in [1.165, 1.54) is 0 Å². The number of anilines is 1. The monoisotopic (exact) mass is 374 g/mol. The lowest BCUT2D eigenvalue weighted by Crippen LogP contribution is -2.14. The van der Waals surface area contributed by atoms with Gasteiger partial charge in [-0.25, -0.2) is 9.67 Å². The summed E-state index contributed by atoms with van der Waals surface area (Å²) < 4.78 is 3.57. The van der Waals surface area contributed by atoms with Gasteiger partial charge in [-0.15, -0.1) is 0 Å². The molecule has 0 bridgehead atoms. The van der Waals surface area contributed by atoms with Crippen LogP contribution < -0.4 is 5.32 Å². The fraction of sp³-hybridized carbons (Fsp3) is 0.238. The third kappa shape index (κ3) is 2.94. The van der Waals surface area contributed by atoms with Crippen LogP contribution in [0.3, 0.4) is 0 Å². The number of nitrogens with one attached hydrogen (secondary N) is 1. The fourth-order valence-corrected chi connectivity index (χ4v) is 3.36. The maximum absolute atomic E-state index is 13.2. The van der Waals surface area contributed by atoms with Gasteiger partial charge in [0.2, 0.25) is 0 Å².